The molecule has 0 fully saturated rings. The van der Waals surface area contributed by atoms with E-state index in [0.717, 1.165) is 5.56 Å². The van der Waals surface area contributed by atoms with Gasteiger partial charge in [0.25, 0.3) is 11.7 Å². The van der Waals surface area contributed by atoms with Crippen LogP contribution in [0.3, 0.4) is 0 Å². The fourth-order valence-corrected chi connectivity index (χ4v) is 3.23. The van der Waals surface area contributed by atoms with Gasteiger partial charge in [-0.05, 0) is 29.8 Å². The summed E-state index contributed by atoms with van der Waals surface area (Å²) in [5.41, 5.74) is 7.41. The first-order valence-corrected chi connectivity index (χ1v) is 8.89. The highest BCUT2D eigenvalue weighted by Gasteiger charge is 2.38. The molecule has 0 amide bonds. The van der Waals surface area contributed by atoms with Gasteiger partial charge in [-0.15, -0.1) is 0 Å². The van der Waals surface area contributed by atoms with Crippen LogP contribution in [-0.2, 0) is 12.7 Å². The third-order valence-electron chi connectivity index (χ3n) is 4.16. The van der Waals surface area contributed by atoms with Crippen LogP contribution in [0, 0.1) is 0 Å². The molecule has 0 aliphatic carbocycles. The second-order valence-corrected chi connectivity index (χ2v) is 6.92. The van der Waals surface area contributed by atoms with E-state index in [2.05, 4.69) is 26.3 Å². The largest absolute Gasteiger partial charge is 0.455 e. The van der Waals surface area contributed by atoms with Gasteiger partial charge in [0, 0.05) is 29.7 Å². The van der Waals surface area contributed by atoms with Crippen LogP contribution in [0.15, 0.2) is 40.3 Å². The number of aromatic nitrogens is 2. The molecule has 0 spiro atoms. The molecule has 2 aromatic rings. The van der Waals surface area contributed by atoms with Crippen LogP contribution in [0.1, 0.15) is 17.3 Å². The topological polar surface area (TPSA) is 78.2 Å². The van der Waals surface area contributed by atoms with Crippen molar-refractivity contribution in [2.24, 2.45) is 0 Å². The normalized spacial score (nSPS) is 16.8. The molecule has 0 saturated carbocycles. The summed E-state index contributed by atoms with van der Waals surface area (Å²) >= 11 is 12.3. The standard InChI is InChI=1S/C16H13Cl2F3N6O/c17-9-1-2-10(18)8(5-9)7-27-4-3-22-13-12(27)6-11(24-25-13)14-23-15(26-28-14)16(19,20)21/h1-2,5-6,22,24-25H,3-4,7H2. The molecule has 0 radical (unpaired) electrons. The third kappa shape index (κ3) is 3.69. The number of alkyl halides is 3. The fourth-order valence-electron chi connectivity index (χ4n) is 2.86. The maximum Gasteiger partial charge on any atom is 0.455 e. The maximum absolute atomic E-state index is 12.7. The van der Waals surface area contributed by atoms with Crippen molar-refractivity contribution in [2.75, 3.05) is 13.1 Å². The van der Waals surface area contributed by atoms with Crippen LogP contribution in [0.5, 0.6) is 0 Å². The molecule has 1 aromatic carbocycles. The Morgan fingerprint density at radius 1 is 1.21 bits per heavy atom. The smallest absolute Gasteiger partial charge is 0.367 e. The average molecular weight is 433 g/mol. The lowest BCUT2D eigenvalue weighted by atomic mass is 10.1. The summed E-state index contributed by atoms with van der Waals surface area (Å²) < 4.78 is 42.9. The fraction of sp³-hybridized carbons (Fsp3) is 0.250. The van der Waals surface area contributed by atoms with E-state index >= 15 is 0 Å². The number of benzene rings is 1. The highest BCUT2D eigenvalue weighted by atomic mass is 35.5. The molecule has 1 aromatic heterocycles. The van der Waals surface area contributed by atoms with Crippen LogP contribution < -0.4 is 16.2 Å². The number of nitrogens with one attached hydrogen (secondary N) is 3. The second kappa shape index (κ2) is 7.10. The van der Waals surface area contributed by atoms with Crippen molar-refractivity contribution < 1.29 is 17.7 Å². The molecule has 0 atom stereocenters. The van der Waals surface area contributed by atoms with Crippen molar-refractivity contribution in [1.29, 1.82) is 0 Å². The molecule has 2 aliphatic heterocycles. The summed E-state index contributed by atoms with van der Waals surface area (Å²) in [5, 5.41) is 7.29. The van der Waals surface area contributed by atoms with Crippen molar-refractivity contribution in [1.82, 2.24) is 31.2 Å². The van der Waals surface area contributed by atoms with E-state index in [1.165, 1.54) is 0 Å². The van der Waals surface area contributed by atoms with Gasteiger partial charge < -0.3 is 14.7 Å². The van der Waals surface area contributed by atoms with E-state index < -0.39 is 12.0 Å². The predicted molar refractivity (Wildman–Crippen MR) is 95.4 cm³/mol. The summed E-state index contributed by atoms with van der Waals surface area (Å²) in [7, 11) is 0. The van der Waals surface area contributed by atoms with Crippen LogP contribution in [-0.4, -0.2) is 28.1 Å². The third-order valence-corrected chi connectivity index (χ3v) is 4.77. The SMILES string of the molecule is FC(F)(F)c1noc(C2=CC3=C(NCCN3Cc3cc(Cl)ccc3Cl)NN2)n1. The van der Waals surface area contributed by atoms with Gasteiger partial charge in [0.1, 0.15) is 11.5 Å². The Hall–Kier alpha value is -2.59. The summed E-state index contributed by atoms with van der Waals surface area (Å²) in [4.78, 5) is 5.42. The molecule has 28 heavy (non-hydrogen) atoms. The summed E-state index contributed by atoms with van der Waals surface area (Å²) in [6.45, 7) is 1.77. The van der Waals surface area contributed by atoms with Crippen LogP contribution >= 0.6 is 23.2 Å². The van der Waals surface area contributed by atoms with E-state index in [1.807, 2.05) is 4.90 Å². The highest BCUT2D eigenvalue weighted by Crippen LogP contribution is 2.29. The lowest BCUT2D eigenvalue weighted by Gasteiger charge is -2.36. The Bertz CT molecular complexity index is 972. The minimum atomic E-state index is -4.68. The van der Waals surface area contributed by atoms with Crippen molar-refractivity contribution in [2.45, 2.75) is 12.7 Å². The molecular formula is C16H13Cl2F3N6O. The molecule has 7 nitrogen and oxygen atoms in total. The number of rotatable bonds is 3. The molecule has 148 valence electrons. The molecule has 12 heteroatoms. The van der Waals surface area contributed by atoms with Gasteiger partial charge in [-0.1, -0.05) is 28.4 Å². The number of hydrogen-bond donors (Lipinski definition) is 3. The summed E-state index contributed by atoms with van der Waals surface area (Å²) in [6.07, 6.45) is -3.05. The van der Waals surface area contributed by atoms with E-state index in [4.69, 9.17) is 27.7 Å². The Labute approximate surface area is 167 Å². The van der Waals surface area contributed by atoms with Crippen LogP contribution in [0.25, 0.3) is 5.70 Å². The van der Waals surface area contributed by atoms with Crippen molar-refractivity contribution in [3.05, 3.63) is 63.1 Å². The lowest BCUT2D eigenvalue weighted by molar-refractivity contribution is -0.146. The number of hydrazine groups is 1. The van der Waals surface area contributed by atoms with Gasteiger partial charge in [-0.3, -0.25) is 10.9 Å². The van der Waals surface area contributed by atoms with Crippen molar-refractivity contribution in [3.63, 3.8) is 0 Å². The number of nitrogens with zero attached hydrogens (tertiary/aromatic N) is 3. The molecule has 0 unspecified atom stereocenters. The predicted octanol–water partition coefficient (Wildman–Crippen LogP) is 3.12. The van der Waals surface area contributed by atoms with Gasteiger partial charge in [0.2, 0.25) is 0 Å². The van der Waals surface area contributed by atoms with Crippen molar-refractivity contribution in [3.8, 4) is 0 Å². The van der Waals surface area contributed by atoms with E-state index in [9.17, 15) is 13.2 Å². The van der Waals surface area contributed by atoms with Crippen LogP contribution in [0.2, 0.25) is 10.0 Å². The average Bonchev–Trinajstić information content (AvgIpc) is 3.15. The molecule has 0 bridgehead atoms. The van der Waals surface area contributed by atoms with Crippen LogP contribution in [0.4, 0.5) is 13.2 Å². The highest BCUT2D eigenvalue weighted by molar-refractivity contribution is 6.33. The Balaban J connectivity index is 1.63. The lowest BCUT2D eigenvalue weighted by Crippen LogP contribution is -2.48. The zero-order valence-electron chi connectivity index (χ0n) is 14.1. The minimum Gasteiger partial charge on any atom is -0.367 e. The summed E-state index contributed by atoms with van der Waals surface area (Å²) in [6, 6.07) is 5.20. The van der Waals surface area contributed by atoms with Gasteiger partial charge in [-0.2, -0.15) is 18.2 Å². The first-order chi connectivity index (χ1) is 13.3. The Morgan fingerprint density at radius 3 is 2.79 bits per heavy atom. The van der Waals surface area contributed by atoms with Gasteiger partial charge in [-0.25, -0.2) is 0 Å². The van der Waals surface area contributed by atoms with E-state index in [0.29, 0.717) is 41.2 Å². The van der Waals surface area contributed by atoms with E-state index in [1.54, 1.807) is 24.3 Å². The molecule has 0 saturated heterocycles. The molecule has 4 rings (SSSR count). The molecular weight excluding hydrogens is 420 g/mol. The monoisotopic (exact) mass is 432 g/mol. The quantitative estimate of drug-likeness (QED) is 0.687. The Morgan fingerprint density at radius 2 is 2.04 bits per heavy atom. The number of halogens is 5. The zero-order chi connectivity index (χ0) is 19.9. The van der Waals surface area contributed by atoms with Crippen molar-refractivity contribution >= 4 is 28.9 Å². The van der Waals surface area contributed by atoms with Gasteiger partial charge in [0.05, 0.1) is 5.70 Å². The first-order valence-electron chi connectivity index (χ1n) is 8.13. The zero-order valence-corrected chi connectivity index (χ0v) is 15.6. The number of allylic oxidation sites excluding steroid dienone is 1. The second-order valence-electron chi connectivity index (χ2n) is 6.07. The summed E-state index contributed by atoms with van der Waals surface area (Å²) in [5.74, 6) is -0.948. The molecule has 2 aliphatic rings. The van der Waals surface area contributed by atoms with E-state index in [-0.39, 0.29) is 11.6 Å². The Kier molecular flexibility index (Phi) is 4.76. The van der Waals surface area contributed by atoms with Gasteiger partial charge in [0.15, 0.2) is 0 Å². The maximum atomic E-state index is 12.7. The minimum absolute atomic E-state index is 0.215. The van der Waals surface area contributed by atoms with Gasteiger partial charge >= 0.3 is 6.18 Å². The molecule has 3 N–H and O–H groups in total. The number of hydrogen-bond acceptors (Lipinski definition) is 7. The first kappa shape index (κ1) is 18.8. The molecule has 3 heterocycles.